The Morgan fingerprint density at radius 2 is 1.82 bits per heavy atom. The first-order valence-electron chi connectivity index (χ1n) is 6.78. The van der Waals surface area contributed by atoms with Crippen molar-refractivity contribution in [2.45, 2.75) is 26.4 Å². The molecule has 1 amide bonds. The van der Waals surface area contributed by atoms with Gasteiger partial charge in [0.05, 0.1) is 11.2 Å². The lowest BCUT2D eigenvalue weighted by Crippen LogP contribution is -2.18. The Morgan fingerprint density at radius 3 is 2.41 bits per heavy atom. The molecule has 0 saturated carbocycles. The summed E-state index contributed by atoms with van der Waals surface area (Å²) in [6.45, 7) is 4.76. The Labute approximate surface area is 127 Å². The number of amides is 1. The molecule has 116 valence electrons. The van der Waals surface area contributed by atoms with E-state index in [0.29, 0.717) is 11.1 Å². The second-order valence-electron chi connectivity index (χ2n) is 5.67. The molecule has 2 aromatic rings. The van der Waals surface area contributed by atoms with E-state index in [4.69, 9.17) is 0 Å². The van der Waals surface area contributed by atoms with Crippen LogP contribution in [0, 0.1) is 18.6 Å². The van der Waals surface area contributed by atoms with E-state index >= 15 is 0 Å². The Balaban J connectivity index is 2.29. The fraction of sp³-hybridized carbons (Fsp3) is 0.235. The number of benzene rings is 2. The Bertz CT molecular complexity index is 721. The Hall–Kier alpha value is -2.27. The van der Waals surface area contributed by atoms with E-state index in [2.05, 4.69) is 5.32 Å². The molecule has 0 unspecified atom stereocenters. The van der Waals surface area contributed by atoms with Crippen molar-refractivity contribution in [2.75, 3.05) is 5.32 Å². The minimum absolute atomic E-state index is 0.170. The SMILES string of the molecule is Cc1ccc(F)cc1NC(=O)c1ccc(C(C)(C)O)cc1F. The molecule has 0 aromatic heterocycles. The third-order valence-electron chi connectivity index (χ3n) is 3.37. The summed E-state index contributed by atoms with van der Waals surface area (Å²) in [4.78, 5) is 12.1. The zero-order valence-electron chi connectivity index (χ0n) is 12.6. The quantitative estimate of drug-likeness (QED) is 0.907. The molecule has 0 atom stereocenters. The number of aryl methyl sites for hydroxylation is 1. The monoisotopic (exact) mass is 305 g/mol. The second-order valence-corrected chi connectivity index (χ2v) is 5.67. The molecule has 2 aromatic carbocycles. The molecule has 0 radical (unpaired) electrons. The lowest BCUT2D eigenvalue weighted by molar-refractivity contribution is 0.0780. The van der Waals surface area contributed by atoms with Crippen molar-refractivity contribution in [3.8, 4) is 0 Å². The van der Waals surface area contributed by atoms with E-state index in [-0.39, 0.29) is 11.3 Å². The summed E-state index contributed by atoms with van der Waals surface area (Å²) < 4.78 is 27.3. The summed E-state index contributed by atoms with van der Waals surface area (Å²) in [5.41, 5.74) is -0.0472. The third kappa shape index (κ3) is 3.49. The molecule has 2 N–H and O–H groups in total. The van der Waals surface area contributed by atoms with E-state index < -0.39 is 23.1 Å². The molecule has 0 fully saturated rings. The highest BCUT2D eigenvalue weighted by Crippen LogP contribution is 2.23. The Kier molecular flexibility index (Phi) is 4.28. The average Bonchev–Trinajstić information content (AvgIpc) is 2.41. The maximum Gasteiger partial charge on any atom is 0.258 e. The highest BCUT2D eigenvalue weighted by molar-refractivity contribution is 6.04. The van der Waals surface area contributed by atoms with Crippen LogP contribution in [0.5, 0.6) is 0 Å². The number of carbonyl (C=O) groups excluding carboxylic acids is 1. The number of carbonyl (C=O) groups is 1. The summed E-state index contributed by atoms with van der Waals surface area (Å²) in [7, 11) is 0. The zero-order valence-corrected chi connectivity index (χ0v) is 12.6. The lowest BCUT2D eigenvalue weighted by atomic mass is 9.97. The van der Waals surface area contributed by atoms with Gasteiger partial charge in [0.25, 0.3) is 5.91 Å². The van der Waals surface area contributed by atoms with Crippen molar-refractivity contribution in [1.29, 1.82) is 0 Å². The van der Waals surface area contributed by atoms with Crippen LogP contribution in [0.3, 0.4) is 0 Å². The van der Waals surface area contributed by atoms with Gasteiger partial charge < -0.3 is 10.4 Å². The highest BCUT2D eigenvalue weighted by atomic mass is 19.1. The van der Waals surface area contributed by atoms with E-state index in [1.807, 2.05) is 0 Å². The molecule has 0 heterocycles. The molecule has 22 heavy (non-hydrogen) atoms. The maximum absolute atomic E-state index is 14.1. The van der Waals surface area contributed by atoms with Crippen molar-refractivity contribution in [3.63, 3.8) is 0 Å². The smallest absolute Gasteiger partial charge is 0.258 e. The van der Waals surface area contributed by atoms with Gasteiger partial charge in [0, 0.05) is 5.69 Å². The topological polar surface area (TPSA) is 49.3 Å². The number of nitrogens with one attached hydrogen (secondary N) is 1. The van der Waals surface area contributed by atoms with Crippen LogP contribution in [0.15, 0.2) is 36.4 Å². The van der Waals surface area contributed by atoms with E-state index in [1.54, 1.807) is 6.92 Å². The van der Waals surface area contributed by atoms with Gasteiger partial charge in [0.2, 0.25) is 0 Å². The summed E-state index contributed by atoms with van der Waals surface area (Å²) >= 11 is 0. The van der Waals surface area contributed by atoms with Gasteiger partial charge in [0.15, 0.2) is 0 Å². The van der Waals surface area contributed by atoms with Crippen molar-refractivity contribution < 1.29 is 18.7 Å². The number of hydrogen-bond acceptors (Lipinski definition) is 2. The zero-order chi connectivity index (χ0) is 16.5. The van der Waals surface area contributed by atoms with Crippen molar-refractivity contribution in [3.05, 3.63) is 64.7 Å². The van der Waals surface area contributed by atoms with Crippen LogP contribution in [0.25, 0.3) is 0 Å². The fourth-order valence-electron chi connectivity index (χ4n) is 2.00. The normalized spacial score (nSPS) is 11.4. The highest BCUT2D eigenvalue weighted by Gasteiger charge is 2.20. The molecule has 0 saturated heterocycles. The van der Waals surface area contributed by atoms with Crippen molar-refractivity contribution >= 4 is 11.6 Å². The predicted octanol–water partition coefficient (Wildman–Crippen LogP) is 3.75. The molecule has 0 aliphatic carbocycles. The first-order chi connectivity index (χ1) is 10.2. The van der Waals surface area contributed by atoms with Crippen LogP contribution in [0.2, 0.25) is 0 Å². The summed E-state index contributed by atoms with van der Waals surface area (Å²) in [6, 6.07) is 7.88. The van der Waals surface area contributed by atoms with Gasteiger partial charge in [-0.05, 0) is 56.2 Å². The van der Waals surface area contributed by atoms with Gasteiger partial charge in [-0.3, -0.25) is 4.79 Å². The van der Waals surface area contributed by atoms with Crippen LogP contribution in [0.4, 0.5) is 14.5 Å². The van der Waals surface area contributed by atoms with Crippen molar-refractivity contribution in [2.24, 2.45) is 0 Å². The molecule has 0 bridgehead atoms. The van der Waals surface area contributed by atoms with E-state index in [9.17, 15) is 18.7 Å². The lowest BCUT2D eigenvalue weighted by Gasteiger charge is -2.18. The summed E-state index contributed by atoms with van der Waals surface area (Å²) in [5, 5.41) is 12.3. The second kappa shape index (κ2) is 5.85. The first kappa shape index (κ1) is 16.1. The standard InChI is InChI=1S/C17H17F2NO2/c1-10-4-6-12(18)9-15(10)20-16(21)13-7-5-11(8-14(13)19)17(2,3)22/h4-9,22H,1-3H3,(H,20,21). The first-order valence-corrected chi connectivity index (χ1v) is 6.78. The number of aliphatic hydroxyl groups is 1. The third-order valence-corrected chi connectivity index (χ3v) is 3.37. The molecular weight excluding hydrogens is 288 g/mol. The minimum Gasteiger partial charge on any atom is -0.386 e. The molecule has 2 rings (SSSR count). The number of anilines is 1. The van der Waals surface area contributed by atoms with Crippen LogP contribution >= 0.6 is 0 Å². The largest absolute Gasteiger partial charge is 0.386 e. The molecule has 0 spiro atoms. The van der Waals surface area contributed by atoms with E-state index in [1.165, 1.54) is 44.2 Å². The van der Waals surface area contributed by atoms with E-state index in [0.717, 1.165) is 6.07 Å². The molecule has 0 aliphatic rings. The molecule has 3 nitrogen and oxygen atoms in total. The van der Waals surface area contributed by atoms with Gasteiger partial charge in [-0.25, -0.2) is 8.78 Å². The van der Waals surface area contributed by atoms with Crippen LogP contribution in [-0.4, -0.2) is 11.0 Å². The number of hydrogen-bond donors (Lipinski definition) is 2. The Morgan fingerprint density at radius 1 is 1.14 bits per heavy atom. The van der Waals surface area contributed by atoms with Gasteiger partial charge in [-0.15, -0.1) is 0 Å². The van der Waals surface area contributed by atoms with Gasteiger partial charge >= 0.3 is 0 Å². The van der Waals surface area contributed by atoms with Crippen molar-refractivity contribution in [1.82, 2.24) is 0 Å². The van der Waals surface area contributed by atoms with Crippen LogP contribution in [0.1, 0.15) is 35.3 Å². The van der Waals surface area contributed by atoms with Crippen LogP contribution in [-0.2, 0) is 5.60 Å². The molecular formula is C17H17F2NO2. The van der Waals surface area contributed by atoms with Crippen LogP contribution < -0.4 is 5.32 Å². The average molecular weight is 305 g/mol. The number of rotatable bonds is 3. The van der Waals surface area contributed by atoms with Gasteiger partial charge in [-0.2, -0.15) is 0 Å². The van der Waals surface area contributed by atoms with Gasteiger partial charge in [-0.1, -0.05) is 12.1 Å². The summed E-state index contributed by atoms with van der Waals surface area (Å²) in [6.07, 6.45) is 0. The maximum atomic E-state index is 14.1. The molecule has 5 heteroatoms. The van der Waals surface area contributed by atoms with Gasteiger partial charge in [0.1, 0.15) is 11.6 Å². The molecule has 0 aliphatic heterocycles. The summed E-state index contributed by atoms with van der Waals surface area (Å²) in [5.74, 6) is -1.90. The minimum atomic E-state index is -1.20. The predicted molar refractivity (Wildman–Crippen MR) is 80.7 cm³/mol. The fourth-order valence-corrected chi connectivity index (χ4v) is 2.00. The number of halogens is 2.